The summed E-state index contributed by atoms with van der Waals surface area (Å²) in [7, 11) is 0. The number of aromatic nitrogens is 2. The molecule has 3 heterocycles. The van der Waals surface area contributed by atoms with E-state index in [0.717, 1.165) is 29.5 Å². The molecular formula is C14H14ClN3S. The number of H-pyrrole nitrogens is 1. The minimum Gasteiger partial charge on any atom is -0.346 e. The van der Waals surface area contributed by atoms with E-state index in [-0.39, 0.29) is 0 Å². The van der Waals surface area contributed by atoms with Crippen LogP contribution >= 0.6 is 22.9 Å². The van der Waals surface area contributed by atoms with Crippen LogP contribution in [0.5, 0.6) is 0 Å². The van der Waals surface area contributed by atoms with Gasteiger partial charge in [0.1, 0.15) is 5.65 Å². The molecule has 3 aromatic heterocycles. The molecule has 0 amide bonds. The molecule has 0 saturated heterocycles. The fourth-order valence-corrected chi connectivity index (χ4v) is 3.17. The van der Waals surface area contributed by atoms with E-state index in [1.807, 2.05) is 18.3 Å². The third-order valence-corrected chi connectivity index (χ3v) is 4.32. The van der Waals surface area contributed by atoms with Gasteiger partial charge >= 0.3 is 0 Å². The maximum absolute atomic E-state index is 5.91. The van der Waals surface area contributed by atoms with Crippen LogP contribution in [-0.2, 0) is 13.0 Å². The predicted molar refractivity (Wildman–Crippen MR) is 80.8 cm³/mol. The van der Waals surface area contributed by atoms with Gasteiger partial charge in [0, 0.05) is 35.7 Å². The van der Waals surface area contributed by atoms with Gasteiger partial charge in [0.05, 0.1) is 4.34 Å². The topological polar surface area (TPSA) is 40.7 Å². The Morgan fingerprint density at radius 2 is 2.26 bits per heavy atom. The summed E-state index contributed by atoms with van der Waals surface area (Å²) in [6.45, 7) is 1.80. The van der Waals surface area contributed by atoms with Crippen molar-refractivity contribution in [3.63, 3.8) is 0 Å². The second-order valence-electron chi connectivity index (χ2n) is 4.35. The lowest BCUT2D eigenvalue weighted by atomic mass is 10.2. The lowest BCUT2D eigenvalue weighted by Crippen LogP contribution is -2.16. The van der Waals surface area contributed by atoms with Gasteiger partial charge in [-0.15, -0.1) is 11.3 Å². The van der Waals surface area contributed by atoms with E-state index in [9.17, 15) is 0 Å². The van der Waals surface area contributed by atoms with E-state index in [1.54, 1.807) is 17.5 Å². The Labute approximate surface area is 120 Å². The summed E-state index contributed by atoms with van der Waals surface area (Å²) in [4.78, 5) is 8.79. The number of pyridine rings is 1. The molecule has 0 atom stereocenters. The van der Waals surface area contributed by atoms with Crippen LogP contribution in [0.3, 0.4) is 0 Å². The first-order valence-electron chi connectivity index (χ1n) is 6.19. The van der Waals surface area contributed by atoms with Gasteiger partial charge in [0.2, 0.25) is 0 Å². The number of fused-ring (bicyclic) bond motifs is 1. The fraction of sp³-hybridized carbons (Fsp3) is 0.214. The number of aromatic amines is 1. The zero-order chi connectivity index (χ0) is 13.1. The predicted octanol–water partition coefficient (Wildman–Crippen LogP) is 3.61. The number of rotatable bonds is 5. The maximum atomic E-state index is 5.91. The molecule has 0 bridgehead atoms. The molecule has 3 nitrogen and oxygen atoms in total. The summed E-state index contributed by atoms with van der Waals surface area (Å²) < 4.78 is 0.859. The van der Waals surface area contributed by atoms with Crippen molar-refractivity contribution in [2.75, 3.05) is 6.54 Å². The van der Waals surface area contributed by atoms with E-state index in [2.05, 4.69) is 27.4 Å². The van der Waals surface area contributed by atoms with Crippen molar-refractivity contribution in [3.05, 3.63) is 51.4 Å². The average Bonchev–Trinajstić information content (AvgIpc) is 3.02. The summed E-state index contributed by atoms with van der Waals surface area (Å²) in [6, 6.07) is 8.10. The van der Waals surface area contributed by atoms with Crippen molar-refractivity contribution in [1.29, 1.82) is 0 Å². The van der Waals surface area contributed by atoms with Gasteiger partial charge < -0.3 is 10.3 Å². The molecule has 3 rings (SSSR count). The van der Waals surface area contributed by atoms with E-state index in [4.69, 9.17) is 11.6 Å². The van der Waals surface area contributed by atoms with Crippen molar-refractivity contribution in [3.8, 4) is 0 Å². The molecule has 5 heteroatoms. The molecule has 0 aliphatic carbocycles. The number of nitrogens with zero attached hydrogens (tertiary/aromatic N) is 1. The van der Waals surface area contributed by atoms with Gasteiger partial charge in [-0.05, 0) is 36.2 Å². The zero-order valence-corrected chi connectivity index (χ0v) is 11.9. The number of nitrogens with one attached hydrogen (secondary N) is 2. The van der Waals surface area contributed by atoms with Crippen LogP contribution in [0.2, 0.25) is 4.34 Å². The maximum Gasteiger partial charge on any atom is 0.137 e. The Hall–Kier alpha value is -1.36. The molecule has 3 aromatic rings. The summed E-state index contributed by atoms with van der Waals surface area (Å²) in [6.07, 6.45) is 4.83. The fourth-order valence-electron chi connectivity index (χ4n) is 2.08. The summed E-state index contributed by atoms with van der Waals surface area (Å²) in [5.41, 5.74) is 2.21. The Balaban J connectivity index is 1.55. The highest BCUT2D eigenvalue weighted by molar-refractivity contribution is 7.16. The first kappa shape index (κ1) is 12.7. The van der Waals surface area contributed by atoms with Crippen LogP contribution in [0.15, 0.2) is 36.7 Å². The largest absolute Gasteiger partial charge is 0.346 e. The highest BCUT2D eigenvalue weighted by atomic mass is 35.5. The van der Waals surface area contributed by atoms with E-state index < -0.39 is 0 Å². The van der Waals surface area contributed by atoms with Crippen LogP contribution in [0.25, 0.3) is 11.0 Å². The highest BCUT2D eigenvalue weighted by Gasteiger charge is 2.03. The standard InChI is InChI=1S/C14H14ClN3S/c15-13-4-3-11(19-13)5-7-16-8-10-9-18-14-12(10)2-1-6-17-14/h1-4,6,9,16H,5,7-8H2,(H,17,18). The number of hydrogen-bond donors (Lipinski definition) is 2. The third kappa shape index (κ3) is 2.97. The van der Waals surface area contributed by atoms with Crippen molar-refractivity contribution in [2.24, 2.45) is 0 Å². The van der Waals surface area contributed by atoms with Gasteiger partial charge in [-0.3, -0.25) is 0 Å². The van der Waals surface area contributed by atoms with Gasteiger partial charge in [0.15, 0.2) is 0 Å². The Kier molecular flexibility index (Phi) is 3.82. The van der Waals surface area contributed by atoms with Crippen LogP contribution in [0, 0.1) is 0 Å². The molecule has 0 aliphatic heterocycles. The second kappa shape index (κ2) is 5.74. The van der Waals surface area contributed by atoms with Crippen LogP contribution in [0.4, 0.5) is 0 Å². The van der Waals surface area contributed by atoms with Gasteiger partial charge in [-0.25, -0.2) is 4.98 Å². The average molecular weight is 292 g/mol. The molecule has 0 spiro atoms. The van der Waals surface area contributed by atoms with E-state index >= 15 is 0 Å². The van der Waals surface area contributed by atoms with Crippen molar-refractivity contribution >= 4 is 34.0 Å². The van der Waals surface area contributed by atoms with Gasteiger partial charge in [-0.1, -0.05) is 11.6 Å². The lowest BCUT2D eigenvalue weighted by molar-refractivity contribution is 0.693. The summed E-state index contributed by atoms with van der Waals surface area (Å²) in [5, 5.41) is 4.64. The number of hydrogen-bond acceptors (Lipinski definition) is 3. The number of thiophene rings is 1. The smallest absolute Gasteiger partial charge is 0.137 e. The monoisotopic (exact) mass is 291 g/mol. The first-order chi connectivity index (χ1) is 9.33. The first-order valence-corrected chi connectivity index (χ1v) is 7.38. The molecule has 0 radical (unpaired) electrons. The molecule has 2 N–H and O–H groups in total. The quantitative estimate of drug-likeness (QED) is 0.705. The summed E-state index contributed by atoms with van der Waals surface area (Å²) >= 11 is 7.55. The molecule has 19 heavy (non-hydrogen) atoms. The van der Waals surface area contributed by atoms with E-state index in [1.165, 1.54) is 15.8 Å². The normalized spacial score (nSPS) is 11.2. The number of halogens is 1. The molecule has 98 valence electrons. The highest BCUT2D eigenvalue weighted by Crippen LogP contribution is 2.21. The van der Waals surface area contributed by atoms with Crippen LogP contribution in [-0.4, -0.2) is 16.5 Å². The Bertz CT molecular complexity index is 674. The van der Waals surface area contributed by atoms with Gasteiger partial charge in [0.25, 0.3) is 0 Å². The molecule has 0 unspecified atom stereocenters. The SMILES string of the molecule is Clc1ccc(CCNCc2c[nH]c3ncccc23)s1. The zero-order valence-electron chi connectivity index (χ0n) is 10.3. The third-order valence-electron chi connectivity index (χ3n) is 3.03. The lowest BCUT2D eigenvalue weighted by Gasteiger charge is -2.02. The molecule has 0 aliphatic rings. The van der Waals surface area contributed by atoms with E-state index in [0.29, 0.717) is 0 Å². The molecule has 0 saturated carbocycles. The Morgan fingerprint density at radius 3 is 3.11 bits per heavy atom. The second-order valence-corrected chi connectivity index (χ2v) is 6.15. The molecule has 0 aromatic carbocycles. The van der Waals surface area contributed by atoms with Crippen molar-refractivity contribution < 1.29 is 0 Å². The molecular weight excluding hydrogens is 278 g/mol. The Morgan fingerprint density at radius 1 is 1.32 bits per heavy atom. The van der Waals surface area contributed by atoms with Gasteiger partial charge in [-0.2, -0.15) is 0 Å². The van der Waals surface area contributed by atoms with Crippen molar-refractivity contribution in [2.45, 2.75) is 13.0 Å². The minimum absolute atomic E-state index is 0.852. The van der Waals surface area contributed by atoms with Crippen molar-refractivity contribution in [1.82, 2.24) is 15.3 Å². The summed E-state index contributed by atoms with van der Waals surface area (Å²) in [5.74, 6) is 0. The van der Waals surface area contributed by atoms with Crippen LogP contribution in [0.1, 0.15) is 10.4 Å². The van der Waals surface area contributed by atoms with Crippen LogP contribution < -0.4 is 5.32 Å². The minimum atomic E-state index is 0.852. The molecule has 0 fully saturated rings.